The zero-order valence-electron chi connectivity index (χ0n) is 17.1. The third-order valence-corrected chi connectivity index (χ3v) is 5.39. The Hall–Kier alpha value is -2.71. The Morgan fingerprint density at radius 3 is 2.66 bits per heavy atom. The van der Waals surface area contributed by atoms with Crippen LogP contribution >= 0.6 is 0 Å². The minimum atomic E-state index is -0.687. The van der Waals surface area contributed by atoms with Crippen LogP contribution in [0.2, 0.25) is 0 Å². The predicted molar refractivity (Wildman–Crippen MR) is 111 cm³/mol. The van der Waals surface area contributed by atoms with E-state index in [1.807, 2.05) is 24.5 Å². The molecule has 1 aliphatic heterocycles. The van der Waals surface area contributed by atoms with Crippen LogP contribution in [0, 0.1) is 20.8 Å². The van der Waals surface area contributed by atoms with Gasteiger partial charge in [0.05, 0.1) is 26.1 Å². The third-order valence-electron chi connectivity index (χ3n) is 5.39. The number of ether oxygens (including phenoxy) is 2. The molecule has 0 bridgehead atoms. The van der Waals surface area contributed by atoms with Gasteiger partial charge in [0.1, 0.15) is 24.8 Å². The molecule has 29 heavy (non-hydrogen) atoms. The van der Waals surface area contributed by atoms with E-state index < -0.39 is 6.10 Å². The molecule has 3 aromatic rings. The van der Waals surface area contributed by atoms with Crippen LogP contribution in [0.1, 0.15) is 16.7 Å². The molecule has 3 heterocycles. The Kier molecular flexibility index (Phi) is 5.64. The average molecular weight is 397 g/mol. The number of fused-ring (bicyclic) bond motifs is 1. The number of hydrogen-bond acceptors (Lipinski definition) is 7. The number of hydrogen-bond donors (Lipinski definition) is 1. The number of benzene rings is 1. The van der Waals surface area contributed by atoms with Gasteiger partial charge in [-0.2, -0.15) is 0 Å². The van der Waals surface area contributed by atoms with Crippen LogP contribution in [0.3, 0.4) is 0 Å². The van der Waals surface area contributed by atoms with Gasteiger partial charge in [0.25, 0.3) is 0 Å². The van der Waals surface area contributed by atoms with Crippen molar-refractivity contribution in [1.82, 2.24) is 19.5 Å². The molecule has 1 saturated heterocycles. The highest BCUT2D eigenvalue weighted by atomic mass is 16.5. The lowest BCUT2D eigenvalue weighted by Crippen LogP contribution is -2.37. The van der Waals surface area contributed by atoms with Crippen molar-refractivity contribution in [2.24, 2.45) is 0 Å². The van der Waals surface area contributed by atoms with Crippen molar-refractivity contribution in [1.29, 1.82) is 0 Å². The highest BCUT2D eigenvalue weighted by Gasteiger charge is 2.19. The van der Waals surface area contributed by atoms with E-state index in [2.05, 4.69) is 32.8 Å². The van der Waals surface area contributed by atoms with Gasteiger partial charge in [-0.15, -0.1) is 0 Å². The zero-order chi connectivity index (χ0) is 20.4. The molecule has 8 nitrogen and oxygen atoms in total. The van der Waals surface area contributed by atoms with E-state index in [1.54, 1.807) is 12.7 Å². The van der Waals surface area contributed by atoms with E-state index >= 15 is 0 Å². The van der Waals surface area contributed by atoms with Crippen molar-refractivity contribution in [3.05, 3.63) is 41.5 Å². The Morgan fingerprint density at radius 2 is 1.86 bits per heavy atom. The average Bonchev–Trinajstić information content (AvgIpc) is 3.14. The summed E-state index contributed by atoms with van der Waals surface area (Å²) in [5, 5.41) is 10.6. The number of aliphatic hydroxyl groups is 1. The number of nitrogens with zero attached hydrogens (tertiary/aromatic N) is 5. The molecular weight excluding hydrogens is 370 g/mol. The van der Waals surface area contributed by atoms with Gasteiger partial charge in [0, 0.05) is 13.1 Å². The molecule has 1 fully saturated rings. The monoisotopic (exact) mass is 397 g/mol. The molecule has 1 unspecified atom stereocenters. The van der Waals surface area contributed by atoms with E-state index in [-0.39, 0.29) is 6.61 Å². The van der Waals surface area contributed by atoms with Gasteiger partial charge in [-0.25, -0.2) is 15.0 Å². The first kappa shape index (κ1) is 19.6. The lowest BCUT2D eigenvalue weighted by atomic mass is 10.1. The number of aromatic nitrogens is 4. The summed E-state index contributed by atoms with van der Waals surface area (Å²) in [4.78, 5) is 15.5. The minimum Gasteiger partial charge on any atom is -0.490 e. The van der Waals surface area contributed by atoms with Crippen LogP contribution in [0.15, 0.2) is 24.8 Å². The molecule has 1 aliphatic rings. The molecule has 0 amide bonds. The van der Waals surface area contributed by atoms with Crippen LogP contribution in [-0.2, 0) is 11.3 Å². The fourth-order valence-corrected chi connectivity index (χ4v) is 3.62. The summed E-state index contributed by atoms with van der Waals surface area (Å²) in [6.45, 7) is 9.59. The Bertz CT molecular complexity index is 997. The molecular formula is C21H27N5O3. The Labute approximate surface area is 170 Å². The Balaban J connectivity index is 1.47. The van der Waals surface area contributed by atoms with Gasteiger partial charge in [0.15, 0.2) is 17.0 Å². The maximum Gasteiger partial charge on any atom is 0.165 e. The normalized spacial score (nSPS) is 15.7. The minimum absolute atomic E-state index is 0.201. The highest BCUT2D eigenvalue weighted by molar-refractivity contribution is 5.83. The second-order valence-electron chi connectivity index (χ2n) is 7.48. The summed E-state index contributed by atoms with van der Waals surface area (Å²) in [5.74, 6) is 1.66. The van der Waals surface area contributed by atoms with Gasteiger partial charge in [-0.1, -0.05) is 12.1 Å². The van der Waals surface area contributed by atoms with Crippen molar-refractivity contribution >= 4 is 17.0 Å². The molecule has 154 valence electrons. The summed E-state index contributed by atoms with van der Waals surface area (Å²) in [6.07, 6.45) is 2.57. The number of anilines is 1. The van der Waals surface area contributed by atoms with Crippen molar-refractivity contribution in [2.75, 3.05) is 37.8 Å². The van der Waals surface area contributed by atoms with Gasteiger partial charge in [-0.05, 0) is 37.5 Å². The first-order chi connectivity index (χ1) is 14.0. The van der Waals surface area contributed by atoms with Crippen LogP contribution < -0.4 is 9.64 Å². The van der Waals surface area contributed by atoms with Crippen molar-refractivity contribution in [3.8, 4) is 5.75 Å². The van der Waals surface area contributed by atoms with Crippen LogP contribution in [-0.4, -0.2) is 63.6 Å². The summed E-state index contributed by atoms with van der Waals surface area (Å²) in [6, 6.07) is 4.12. The van der Waals surface area contributed by atoms with Crippen LogP contribution in [0.25, 0.3) is 11.2 Å². The molecule has 1 atom stereocenters. The number of aryl methyl sites for hydroxylation is 2. The van der Waals surface area contributed by atoms with Crippen molar-refractivity contribution in [2.45, 2.75) is 33.4 Å². The number of morpholine rings is 1. The SMILES string of the molecule is Cc1ccc(C)c(OCC(O)Cn2cnc3c(N4CCOCC4)ncnc32)c1C. The van der Waals surface area contributed by atoms with E-state index in [1.165, 1.54) is 5.56 Å². The molecule has 1 aromatic carbocycles. The topological polar surface area (TPSA) is 85.5 Å². The largest absolute Gasteiger partial charge is 0.490 e. The lowest BCUT2D eigenvalue weighted by molar-refractivity contribution is 0.0926. The standard InChI is InChI=1S/C21H27N5O3/c1-14-4-5-15(2)19(16(14)3)29-11-17(27)10-26-13-24-18-20(22-12-23-21(18)26)25-6-8-28-9-7-25/h4-5,12-13,17,27H,6-11H2,1-3H3. The third kappa shape index (κ3) is 4.04. The first-order valence-corrected chi connectivity index (χ1v) is 9.91. The molecule has 0 radical (unpaired) electrons. The first-order valence-electron chi connectivity index (χ1n) is 9.91. The highest BCUT2D eigenvalue weighted by Crippen LogP contribution is 2.26. The maximum absolute atomic E-state index is 10.6. The Morgan fingerprint density at radius 1 is 1.10 bits per heavy atom. The molecule has 0 saturated carbocycles. The van der Waals surface area contributed by atoms with Crippen molar-refractivity contribution < 1.29 is 14.6 Å². The molecule has 1 N–H and O–H groups in total. The van der Waals surface area contributed by atoms with Crippen LogP contribution in [0.4, 0.5) is 5.82 Å². The molecule has 0 spiro atoms. The molecule has 4 rings (SSSR count). The van der Waals surface area contributed by atoms with Gasteiger partial charge >= 0.3 is 0 Å². The lowest BCUT2D eigenvalue weighted by Gasteiger charge is -2.27. The zero-order valence-corrected chi connectivity index (χ0v) is 17.1. The summed E-state index contributed by atoms with van der Waals surface area (Å²) in [5.41, 5.74) is 4.80. The van der Waals surface area contributed by atoms with E-state index in [0.717, 1.165) is 41.3 Å². The smallest absolute Gasteiger partial charge is 0.165 e. The van der Waals surface area contributed by atoms with Gasteiger partial charge in [0.2, 0.25) is 0 Å². The predicted octanol–water partition coefficient (Wildman–Crippen LogP) is 2.03. The fraction of sp³-hybridized carbons (Fsp3) is 0.476. The summed E-state index contributed by atoms with van der Waals surface area (Å²) in [7, 11) is 0. The molecule has 0 aliphatic carbocycles. The number of rotatable bonds is 6. The number of imidazole rings is 1. The number of aliphatic hydroxyl groups excluding tert-OH is 1. The maximum atomic E-state index is 10.6. The summed E-state index contributed by atoms with van der Waals surface area (Å²) >= 11 is 0. The van der Waals surface area contributed by atoms with E-state index in [9.17, 15) is 5.11 Å². The van der Waals surface area contributed by atoms with E-state index in [0.29, 0.717) is 25.4 Å². The quantitative estimate of drug-likeness (QED) is 0.681. The second-order valence-corrected chi connectivity index (χ2v) is 7.48. The van der Waals surface area contributed by atoms with Crippen molar-refractivity contribution in [3.63, 3.8) is 0 Å². The van der Waals surface area contributed by atoms with Gasteiger partial charge in [-0.3, -0.25) is 0 Å². The fourth-order valence-electron chi connectivity index (χ4n) is 3.62. The second kappa shape index (κ2) is 8.34. The summed E-state index contributed by atoms with van der Waals surface area (Å²) < 4.78 is 13.2. The molecule has 2 aromatic heterocycles. The van der Waals surface area contributed by atoms with Crippen LogP contribution in [0.5, 0.6) is 5.75 Å². The molecule has 8 heteroatoms. The van der Waals surface area contributed by atoms with E-state index in [4.69, 9.17) is 9.47 Å². The van der Waals surface area contributed by atoms with Gasteiger partial charge < -0.3 is 24.0 Å².